The summed E-state index contributed by atoms with van der Waals surface area (Å²) in [7, 11) is 0. The Morgan fingerprint density at radius 1 is 1.00 bits per heavy atom. The van der Waals surface area contributed by atoms with Crippen LogP contribution in [0.25, 0.3) is 0 Å². The average Bonchev–Trinajstić information content (AvgIpc) is 2.62. The molecule has 0 saturated carbocycles. The van der Waals surface area contributed by atoms with Crippen LogP contribution >= 0.6 is 15.9 Å². The van der Waals surface area contributed by atoms with E-state index in [2.05, 4.69) is 26.6 Å². The molecular weight excluding hydrogens is 396 g/mol. The Kier molecular flexibility index (Phi) is 7.66. The Morgan fingerprint density at radius 3 is 2.31 bits per heavy atom. The van der Waals surface area contributed by atoms with Crippen molar-refractivity contribution in [2.45, 2.75) is 26.7 Å². The monoisotopic (exact) mass is 418 g/mol. The van der Waals surface area contributed by atoms with Gasteiger partial charge in [0.1, 0.15) is 5.75 Å². The summed E-state index contributed by atoms with van der Waals surface area (Å²) in [5.74, 6) is 0.365. The predicted molar refractivity (Wildman–Crippen MR) is 106 cm³/mol. The molecule has 0 unspecified atom stereocenters. The van der Waals surface area contributed by atoms with Gasteiger partial charge in [0, 0.05) is 16.6 Å². The van der Waals surface area contributed by atoms with Crippen molar-refractivity contribution in [3.63, 3.8) is 0 Å². The molecular formula is C20H23BrN2O3. The zero-order chi connectivity index (χ0) is 18.9. The number of aryl methyl sites for hydroxylation is 2. The summed E-state index contributed by atoms with van der Waals surface area (Å²) < 4.78 is 6.55. The van der Waals surface area contributed by atoms with Gasteiger partial charge in [-0.3, -0.25) is 9.59 Å². The fraction of sp³-hybridized carbons (Fsp3) is 0.300. The number of carbonyl (C=O) groups excluding carboxylic acids is 2. The zero-order valence-corrected chi connectivity index (χ0v) is 16.6. The van der Waals surface area contributed by atoms with E-state index in [-0.39, 0.29) is 18.4 Å². The largest absolute Gasteiger partial charge is 0.494 e. The van der Waals surface area contributed by atoms with Gasteiger partial charge in [-0.15, -0.1) is 0 Å². The molecule has 2 aromatic rings. The van der Waals surface area contributed by atoms with E-state index in [1.54, 1.807) is 0 Å². The van der Waals surface area contributed by atoms with Gasteiger partial charge in [-0.2, -0.15) is 0 Å². The fourth-order valence-electron chi connectivity index (χ4n) is 2.42. The molecule has 138 valence electrons. The van der Waals surface area contributed by atoms with E-state index in [0.717, 1.165) is 27.0 Å². The van der Waals surface area contributed by atoms with Crippen molar-refractivity contribution < 1.29 is 14.3 Å². The molecule has 0 atom stereocenters. The first-order valence-electron chi connectivity index (χ1n) is 8.47. The molecule has 26 heavy (non-hydrogen) atoms. The maximum atomic E-state index is 12.0. The Balaban J connectivity index is 1.65. The lowest BCUT2D eigenvalue weighted by Gasteiger charge is -2.12. The number of ether oxygens (including phenoxy) is 1. The van der Waals surface area contributed by atoms with Crippen molar-refractivity contribution in [1.82, 2.24) is 5.32 Å². The van der Waals surface area contributed by atoms with E-state index in [4.69, 9.17) is 4.74 Å². The minimum atomic E-state index is -0.234. The number of carbonyl (C=O) groups is 2. The summed E-state index contributed by atoms with van der Waals surface area (Å²) in [6, 6.07) is 13.3. The van der Waals surface area contributed by atoms with E-state index in [9.17, 15) is 9.59 Å². The van der Waals surface area contributed by atoms with Crippen molar-refractivity contribution in [2.24, 2.45) is 0 Å². The summed E-state index contributed by atoms with van der Waals surface area (Å²) in [4.78, 5) is 23.8. The molecule has 0 bridgehead atoms. The lowest BCUT2D eigenvalue weighted by Crippen LogP contribution is -2.33. The minimum absolute atomic E-state index is 0.0415. The van der Waals surface area contributed by atoms with Gasteiger partial charge in [0.05, 0.1) is 13.2 Å². The van der Waals surface area contributed by atoms with Crippen LogP contribution in [0.3, 0.4) is 0 Å². The molecule has 5 nitrogen and oxygen atoms in total. The smallest absolute Gasteiger partial charge is 0.243 e. The third-order valence-electron chi connectivity index (χ3n) is 3.82. The molecule has 0 aliphatic heterocycles. The van der Waals surface area contributed by atoms with E-state index in [1.807, 2.05) is 56.3 Å². The number of nitrogens with one attached hydrogen (secondary N) is 2. The van der Waals surface area contributed by atoms with Gasteiger partial charge in [-0.1, -0.05) is 34.1 Å². The molecule has 2 rings (SSSR count). The third kappa shape index (κ3) is 6.52. The Hall–Kier alpha value is -2.34. The number of amides is 2. The van der Waals surface area contributed by atoms with Crippen LogP contribution in [0.1, 0.15) is 24.0 Å². The van der Waals surface area contributed by atoms with Crippen molar-refractivity contribution in [1.29, 1.82) is 0 Å². The van der Waals surface area contributed by atoms with Gasteiger partial charge < -0.3 is 15.4 Å². The topological polar surface area (TPSA) is 67.4 Å². The number of anilines is 1. The highest BCUT2D eigenvalue weighted by Crippen LogP contribution is 2.19. The second-order valence-corrected chi connectivity index (χ2v) is 6.91. The van der Waals surface area contributed by atoms with E-state index in [0.29, 0.717) is 19.4 Å². The number of halogens is 1. The van der Waals surface area contributed by atoms with Crippen LogP contribution in [0.4, 0.5) is 5.69 Å². The lowest BCUT2D eigenvalue weighted by molar-refractivity contribution is -0.124. The second-order valence-electron chi connectivity index (χ2n) is 6.00. The van der Waals surface area contributed by atoms with Crippen molar-refractivity contribution in [2.75, 3.05) is 18.5 Å². The summed E-state index contributed by atoms with van der Waals surface area (Å²) in [6.45, 7) is 4.28. The quantitative estimate of drug-likeness (QED) is 0.637. The summed E-state index contributed by atoms with van der Waals surface area (Å²) in [5.41, 5.74) is 2.79. The maximum absolute atomic E-state index is 12.0. The normalized spacial score (nSPS) is 10.3. The number of hydrogen-bond donors (Lipinski definition) is 2. The summed E-state index contributed by atoms with van der Waals surface area (Å²) in [6.07, 6.45) is 0.896. The molecule has 0 aromatic heterocycles. The van der Waals surface area contributed by atoms with Crippen LogP contribution in [-0.2, 0) is 9.59 Å². The standard InChI is InChI=1S/C20H23BrN2O3/c1-14-5-3-6-15(2)20(14)23-19(25)13-22-18(24)7-4-12-26-17-10-8-16(21)9-11-17/h3,5-6,8-11H,4,7,12-13H2,1-2H3,(H,22,24)(H,23,25). The van der Waals surface area contributed by atoms with Gasteiger partial charge in [-0.05, 0) is 55.7 Å². The average molecular weight is 419 g/mol. The molecule has 0 aliphatic rings. The fourth-order valence-corrected chi connectivity index (χ4v) is 2.68. The molecule has 0 aliphatic carbocycles. The zero-order valence-electron chi connectivity index (χ0n) is 15.0. The molecule has 2 N–H and O–H groups in total. The van der Waals surface area contributed by atoms with Crippen molar-refractivity contribution in [3.8, 4) is 5.75 Å². The first-order chi connectivity index (χ1) is 12.5. The lowest BCUT2D eigenvalue weighted by atomic mass is 10.1. The maximum Gasteiger partial charge on any atom is 0.243 e. The van der Waals surface area contributed by atoms with Gasteiger partial charge in [0.25, 0.3) is 0 Å². The number of para-hydroxylation sites is 1. The highest BCUT2D eigenvalue weighted by Gasteiger charge is 2.09. The summed E-state index contributed by atoms with van der Waals surface area (Å²) in [5, 5.41) is 5.48. The molecule has 2 amide bonds. The predicted octanol–water partition coefficient (Wildman–Crippen LogP) is 3.98. The van der Waals surface area contributed by atoms with Crippen LogP contribution < -0.4 is 15.4 Å². The van der Waals surface area contributed by atoms with E-state index in [1.165, 1.54) is 0 Å². The van der Waals surface area contributed by atoms with Gasteiger partial charge >= 0.3 is 0 Å². The SMILES string of the molecule is Cc1cccc(C)c1NC(=O)CNC(=O)CCCOc1ccc(Br)cc1. The van der Waals surface area contributed by atoms with Crippen molar-refractivity contribution >= 4 is 33.4 Å². The molecule has 0 heterocycles. The van der Waals surface area contributed by atoms with E-state index >= 15 is 0 Å². The second kappa shape index (κ2) is 9.97. The van der Waals surface area contributed by atoms with Gasteiger partial charge in [0.2, 0.25) is 11.8 Å². The van der Waals surface area contributed by atoms with E-state index < -0.39 is 0 Å². The number of benzene rings is 2. The van der Waals surface area contributed by atoms with Gasteiger partial charge in [-0.25, -0.2) is 0 Å². The number of rotatable bonds is 8. The van der Waals surface area contributed by atoms with Gasteiger partial charge in [0.15, 0.2) is 0 Å². The highest BCUT2D eigenvalue weighted by atomic mass is 79.9. The Labute approximate surface area is 162 Å². The Bertz CT molecular complexity index is 740. The molecule has 0 saturated heterocycles. The Morgan fingerprint density at radius 2 is 1.65 bits per heavy atom. The third-order valence-corrected chi connectivity index (χ3v) is 4.35. The molecule has 0 fully saturated rings. The highest BCUT2D eigenvalue weighted by molar-refractivity contribution is 9.10. The van der Waals surface area contributed by atoms with Crippen LogP contribution in [0, 0.1) is 13.8 Å². The van der Waals surface area contributed by atoms with Crippen LogP contribution in [-0.4, -0.2) is 25.0 Å². The molecule has 6 heteroatoms. The first kappa shape index (κ1) is 20.0. The summed E-state index contributed by atoms with van der Waals surface area (Å²) >= 11 is 3.36. The van der Waals surface area contributed by atoms with Crippen LogP contribution in [0.2, 0.25) is 0 Å². The molecule has 0 spiro atoms. The minimum Gasteiger partial charge on any atom is -0.494 e. The molecule has 0 radical (unpaired) electrons. The van der Waals surface area contributed by atoms with Crippen molar-refractivity contribution in [3.05, 3.63) is 58.1 Å². The van der Waals surface area contributed by atoms with Crippen LogP contribution in [0.5, 0.6) is 5.75 Å². The molecule has 2 aromatic carbocycles. The first-order valence-corrected chi connectivity index (χ1v) is 9.26. The number of hydrogen-bond acceptors (Lipinski definition) is 3. The van der Waals surface area contributed by atoms with Crippen LogP contribution in [0.15, 0.2) is 46.9 Å².